The van der Waals surface area contributed by atoms with Gasteiger partial charge >= 0.3 is 0 Å². The quantitative estimate of drug-likeness (QED) is 0.822. The summed E-state index contributed by atoms with van der Waals surface area (Å²) >= 11 is 4.98. The van der Waals surface area contributed by atoms with Gasteiger partial charge in [0.2, 0.25) is 0 Å². The predicted octanol–water partition coefficient (Wildman–Crippen LogP) is 1.66. The van der Waals surface area contributed by atoms with E-state index in [9.17, 15) is 4.79 Å². The van der Waals surface area contributed by atoms with Crippen LogP contribution in [0, 0.1) is 5.92 Å². The molecule has 0 fully saturated rings. The summed E-state index contributed by atoms with van der Waals surface area (Å²) in [7, 11) is 0. The van der Waals surface area contributed by atoms with Crippen molar-refractivity contribution in [1.29, 1.82) is 0 Å². The minimum Gasteiger partial charge on any atom is -0.493 e. The third-order valence-electron chi connectivity index (χ3n) is 3.21. The number of ether oxygens (including phenoxy) is 1. The molecule has 1 aliphatic heterocycles. The lowest BCUT2D eigenvalue weighted by atomic mass is 10.0. The molecule has 4 nitrogen and oxygen atoms in total. The van der Waals surface area contributed by atoms with Gasteiger partial charge in [0, 0.05) is 12.0 Å². The van der Waals surface area contributed by atoms with Gasteiger partial charge in [-0.3, -0.25) is 4.79 Å². The molecule has 2 rings (SSSR count). The monoisotopic (exact) mass is 278 g/mol. The molecule has 1 aromatic carbocycles. The highest BCUT2D eigenvalue weighted by molar-refractivity contribution is 7.80. The molecular formula is C14H18N2O2S. The van der Waals surface area contributed by atoms with Gasteiger partial charge in [-0.25, -0.2) is 0 Å². The van der Waals surface area contributed by atoms with Crippen molar-refractivity contribution >= 4 is 23.1 Å². The first-order valence-electron chi connectivity index (χ1n) is 6.35. The minimum atomic E-state index is -0.285. The smallest absolute Gasteiger partial charge is 0.251 e. The summed E-state index contributed by atoms with van der Waals surface area (Å²) in [6, 6.07) is 5.18. The molecule has 102 valence electrons. The number of amides is 1. The van der Waals surface area contributed by atoms with Gasteiger partial charge in [0.1, 0.15) is 5.75 Å². The Bertz CT molecular complexity index is 514. The molecular weight excluding hydrogens is 260 g/mol. The molecule has 0 spiro atoms. The van der Waals surface area contributed by atoms with E-state index < -0.39 is 0 Å². The Morgan fingerprint density at radius 2 is 2.21 bits per heavy atom. The molecule has 0 aliphatic carbocycles. The summed E-state index contributed by atoms with van der Waals surface area (Å²) < 4.78 is 5.42. The van der Waals surface area contributed by atoms with E-state index in [1.54, 1.807) is 6.07 Å². The van der Waals surface area contributed by atoms with Crippen LogP contribution < -0.4 is 15.8 Å². The maximum absolute atomic E-state index is 12.2. The SMILES string of the molecule is CC(C)C(NC(=O)c1ccc2c(c1)CCO2)C(N)=S. The molecule has 5 heteroatoms. The van der Waals surface area contributed by atoms with Crippen molar-refractivity contribution in [2.24, 2.45) is 11.7 Å². The van der Waals surface area contributed by atoms with Crippen LogP contribution in [0.1, 0.15) is 29.8 Å². The molecule has 1 amide bonds. The number of nitrogens with two attached hydrogens (primary N) is 1. The van der Waals surface area contributed by atoms with Crippen LogP contribution in [-0.4, -0.2) is 23.5 Å². The van der Waals surface area contributed by atoms with E-state index >= 15 is 0 Å². The van der Waals surface area contributed by atoms with Crippen molar-refractivity contribution in [2.75, 3.05) is 6.61 Å². The van der Waals surface area contributed by atoms with E-state index in [1.165, 1.54) is 0 Å². The largest absolute Gasteiger partial charge is 0.493 e. The number of thiocarbonyl (C=S) groups is 1. The van der Waals surface area contributed by atoms with E-state index in [0.29, 0.717) is 17.2 Å². The second kappa shape index (κ2) is 5.57. The Morgan fingerprint density at radius 3 is 2.84 bits per heavy atom. The Labute approximate surface area is 118 Å². The van der Waals surface area contributed by atoms with E-state index in [0.717, 1.165) is 17.7 Å². The summed E-state index contributed by atoms with van der Waals surface area (Å²) in [6.07, 6.45) is 0.847. The van der Waals surface area contributed by atoms with Crippen LogP contribution in [0.15, 0.2) is 18.2 Å². The summed E-state index contributed by atoms with van der Waals surface area (Å²) in [4.78, 5) is 12.5. The van der Waals surface area contributed by atoms with Gasteiger partial charge in [-0.1, -0.05) is 26.1 Å². The van der Waals surface area contributed by atoms with Crippen LogP contribution >= 0.6 is 12.2 Å². The van der Waals surface area contributed by atoms with Gasteiger partial charge in [-0.15, -0.1) is 0 Å². The number of benzene rings is 1. The molecule has 19 heavy (non-hydrogen) atoms. The fourth-order valence-electron chi connectivity index (χ4n) is 2.12. The molecule has 0 saturated carbocycles. The molecule has 0 bridgehead atoms. The normalized spacial score (nSPS) is 14.7. The number of hydrogen-bond donors (Lipinski definition) is 2. The summed E-state index contributed by atoms with van der Waals surface area (Å²) in [5.41, 5.74) is 7.34. The van der Waals surface area contributed by atoms with Crippen LogP contribution in [-0.2, 0) is 6.42 Å². The fraction of sp³-hybridized carbons (Fsp3) is 0.429. The highest BCUT2D eigenvalue weighted by Gasteiger charge is 2.21. The third-order valence-corrected chi connectivity index (χ3v) is 3.47. The van der Waals surface area contributed by atoms with Crippen molar-refractivity contribution in [3.8, 4) is 5.75 Å². The number of rotatable bonds is 4. The highest BCUT2D eigenvalue weighted by Crippen LogP contribution is 2.25. The van der Waals surface area contributed by atoms with Crippen molar-refractivity contribution in [3.05, 3.63) is 29.3 Å². The molecule has 0 saturated heterocycles. The number of carbonyl (C=O) groups is 1. The molecule has 1 unspecified atom stereocenters. The van der Waals surface area contributed by atoms with Crippen LogP contribution in [0.5, 0.6) is 5.75 Å². The van der Waals surface area contributed by atoms with E-state index in [1.807, 2.05) is 26.0 Å². The number of nitrogens with one attached hydrogen (secondary N) is 1. The zero-order valence-electron chi connectivity index (χ0n) is 11.1. The zero-order chi connectivity index (χ0) is 14.0. The van der Waals surface area contributed by atoms with Crippen molar-refractivity contribution in [3.63, 3.8) is 0 Å². The Morgan fingerprint density at radius 1 is 1.47 bits per heavy atom. The van der Waals surface area contributed by atoms with Gasteiger partial charge in [-0.2, -0.15) is 0 Å². The first kappa shape index (κ1) is 13.8. The maximum Gasteiger partial charge on any atom is 0.251 e. The molecule has 1 heterocycles. The molecule has 0 radical (unpaired) electrons. The number of fused-ring (bicyclic) bond motifs is 1. The van der Waals surface area contributed by atoms with Crippen LogP contribution in [0.4, 0.5) is 0 Å². The number of carbonyl (C=O) groups excluding carboxylic acids is 1. The topological polar surface area (TPSA) is 64.3 Å². The van der Waals surface area contributed by atoms with Gasteiger partial charge in [0.25, 0.3) is 5.91 Å². The summed E-state index contributed by atoms with van der Waals surface area (Å²) in [5.74, 6) is 0.881. The Kier molecular flexibility index (Phi) is 4.04. The lowest BCUT2D eigenvalue weighted by Crippen LogP contribution is -2.46. The van der Waals surface area contributed by atoms with Gasteiger partial charge in [-0.05, 0) is 29.7 Å². The van der Waals surface area contributed by atoms with Gasteiger partial charge in [0.05, 0.1) is 17.6 Å². The van der Waals surface area contributed by atoms with Crippen molar-refractivity contribution in [2.45, 2.75) is 26.3 Å². The Hall–Kier alpha value is -1.62. The second-order valence-electron chi connectivity index (χ2n) is 5.02. The molecule has 1 aliphatic rings. The lowest BCUT2D eigenvalue weighted by Gasteiger charge is -2.21. The van der Waals surface area contributed by atoms with Crippen molar-refractivity contribution in [1.82, 2.24) is 5.32 Å². The van der Waals surface area contributed by atoms with Gasteiger partial charge < -0.3 is 15.8 Å². The molecule has 1 aromatic rings. The number of hydrogen-bond acceptors (Lipinski definition) is 3. The van der Waals surface area contributed by atoms with Crippen LogP contribution in [0.3, 0.4) is 0 Å². The van der Waals surface area contributed by atoms with Gasteiger partial charge in [0.15, 0.2) is 0 Å². The standard InChI is InChI=1S/C14H18N2O2S/c1-8(2)12(13(15)19)16-14(17)10-3-4-11-9(7-10)5-6-18-11/h3-4,7-8,12H,5-6H2,1-2H3,(H2,15,19)(H,16,17). The third kappa shape index (κ3) is 3.04. The predicted molar refractivity (Wildman–Crippen MR) is 78.5 cm³/mol. The fourth-order valence-corrected chi connectivity index (χ4v) is 2.45. The average Bonchev–Trinajstić information content (AvgIpc) is 2.81. The van der Waals surface area contributed by atoms with E-state index in [-0.39, 0.29) is 17.9 Å². The van der Waals surface area contributed by atoms with E-state index in [4.69, 9.17) is 22.7 Å². The highest BCUT2D eigenvalue weighted by atomic mass is 32.1. The summed E-state index contributed by atoms with van der Waals surface area (Å²) in [6.45, 7) is 4.63. The first-order valence-corrected chi connectivity index (χ1v) is 6.75. The first-order chi connectivity index (χ1) is 8.99. The second-order valence-corrected chi connectivity index (χ2v) is 5.49. The molecule has 3 N–H and O–H groups in total. The Balaban J connectivity index is 2.13. The maximum atomic E-state index is 12.2. The molecule has 1 atom stereocenters. The lowest BCUT2D eigenvalue weighted by molar-refractivity contribution is 0.0940. The van der Waals surface area contributed by atoms with Crippen LogP contribution in [0.25, 0.3) is 0 Å². The minimum absolute atomic E-state index is 0.152. The average molecular weight is 278 g/mol. The molecule has 0 aromatic heterocycles. The van der Waals surface area contributed by atoms with E-state index in [2.05, 4.69) is 5.32 Å². The summed E-state index contributed by atoms with van der Waals surface area (Å²) in [5, 5.41) is 2.88. The van der Waals surface area contributed by atoms with Crippen molar-refractivity contribution < 1.29 is 9.53 Å². The zero-order valence-corrected chi connectivity index (χ0v) is 11.9. The van der Waals surface area contributed by atoms with Crippen LogP contribution in [0.2, 0.25) is 0 Å².